The molecule has 2 aromatic rings. The fourth-order valence-electron chi connectivity index (χ4n) is 2.72. The summed E-state index contributed by atoms with van der Waals surface area (Å²) in [6.45, 7) is 3.16. The number of β-amino-alcohol motifs (C(OH)–C–C–N with tert-alkyl or cyclic N) is 1. The number of hydrogen-bond acceptors (Lipinski definition) is 5. The molecule has 2 atom stereocenters. The van der Waals surface area contributed by atoms with Gasteiger partial charge in [-0.2, -0.15) is 0 Å². The van der Waals surface area contributed by atoms with Crippen LogP contribution in [0.4, 0.5) is 0 Å². The van der Waals surface area contributed by atoms with Crippen molar-refractivity contribution in [3.8, 4) is 11.3 Å². The van der Waals surface area contributed by atoms with Gasteiger partial charge in [-0.25, -0.2) is 0 Å². The van der Waals surface area contributed by atoms with Crippen LogP contribution >= 0.6 is 12.4 Å². The molecule has 134 valence electrons. The van der Waals surface area contributed by atoms with Gasteiger partial charge in [0.05, 0.1) is 6.10 Å². The van der Waals surface area contributed by atoms with Crippen molar-refractivity contribution in [2.75, 3.05) is 19.6 Å². The Morgan fingerprint density at radius 2 is 1.92 bits per heavy atom. The Morgan fingerprint density at radius 3 is 2.52 bits per heavy atom. The van der Waals surface area contributed by atoms with Crippen LogP contribution in [0.1, 0.15) is 27.8 Å². The summed E-state index contributed by atoms with van der Waals surface area (Å²) >= 11 is 0. The number of carbonyl (C=O) groups excluding carboxylic acids is 2. The first kappa shape index (κ1) is 19.2. The van der Waals surface area contributed by atoms with E-state index in [0.717, 1.165) is 5.56 Å². The average Bonchev–Trinajstić information content (AvgIpc) is 3.22. The summed E-state index contributed by atoms with van der Waals surface area (Å²) in [4.78, 5) is 23.4. The van der Waals surface area contributed by atoms with Crippen molar-refractivity contribution in [3.05, 3.63) is 47.7 Å². The van der Waals surface area contributed by atoms with Gasteiger partial charge in [-0.1, -0.05) is 24.3 Å². The number of ketones is 1. The minimum atomic E-state index is -0.433. The Hall–Kier alpha value is -2.15. The van der Waals surface area contributed by atoms with Crippen LogP contribution in [0.5, 0.6) is 0 Å². The highest BCUT2D eigenvalue weighted by molar-refractivity contribution is 5.94. The number of hydrogen-bond donors (Lipinski definition) is 3. The SMILES string of the molecule is CC(=O)c1ccc(-c2ccc(C(=O)NCC3CNCC3O)o2)cc1.Cl. The van der Waals surface area contributed by atoms with Gasteiger partial charge < -0.3 is 20.2 Å². The smallest absolute Gasteiger partial charge is 0.287 e. The molecule has 1 saturated heterocycles. The molecule has 3 N–H and O–H groups in total. The molecular formula is C18H21ClN2O4. The van der Waals surface area contributed by atoms with Gasteiger partial charge in [0.2, 0.25) is 0 Å². The third-order valence-corrected chi connectivity index (χ3v) is 4.23. The van der Waals surface area contributed by atoms with Crippen LogP contribution < -0.4 is 10.6 Å². The minimum absolute atomic E-state index is 0. The van der Waals surface area contributed by atoms with Crippen molar-refractivity contribution in [1.82, 2.24) is 10.6 Å². The molecule has 7 heteroatoms. The van der Waals surface area contributed by atoms with E-state index in [1.54, 1.807) is 36.4 Å². The number of carbonyl (C=O) groups is 2. The molecule has 0 aliphatic carbocycles. The van der Waals surface area contributed by atoms with E-state index in [0.29, 0.717) is 31.0 Å². The topological polar surface area (TPSA) is 91.6 Å². The molecule has 1 amide bonds. The minimum Gasteiger partial charge on any atom is -0.451 e. The number of nitrogens with one attached hydrogen (secondary N) is 2. The maximum Gasteiger partial charge on any atom is 0.287 e. The molecule has 2 heterocycles. The molecule has 25 heavy (non-hydrogen) atoms. The Balaban J connectivity index is 0.00000225. The molecule has 0 saturated carbocycles. The number of rotatable bonds is 5. The lowest BCUT2D eigenvalue weighted by atomic mass is 10.1. The fraction of sp³-hybridized carbons (Fsp3) is 0.333. The van der Waals surface area contributed by atoms with Crippen molar-refractivity contribution >= 4 is 24.1 Å². The van der Waals surface area contributed by atoms with Gasteiger partial charge in [0.25, 0.3) is 5.91 Å². The van der Waals surface area contributed by atoms with Crippen LogP contribution in [0.2, 0.25) is 0 Å². The summed E-state index contributed by atoms with van der Waals surface area (Å²) in [5.74, 6) is 0.506. The number of aliphatic hydroxyl groups is 1. The van der Waals surface area contributed by atoms with E-state index in [9.17, 15) is 14.7 Å². The highest BCUT2D eigenvalue weighted by atomic mass is 35.5. The molecule has 2 unspecified atom stereocenters. The van der Waals surface area contributed by atoms with Crippen molar-refractivity contribution in [1.29, 1.82) is 0 Å². The standard InChI is InChI=1S/C18H20N2O4.ClH/c1-11(21)12-2-4-13(5-3-12)16-6-7-17(24-16)18(23)20-9-14-8-19-10-15(14)22;/h2-7,14-15,19,22H,8-10H2,1H3,(H,20,23);1H. The lowest BCUT2D eigenvalue weighted by Crippen LogP contribution is -2.34. The second kappa shape index (κ2) is 8.29. The Morgan fingerprint density at radius 1 is 1.20 bits per heavy atom. The molecule has 1 aromatic heterocycles. The number of halogens is 1. The van der Waals surface area contributed by atoms with Crippen LogP contribution in [0.15, 0.2) is 40.8 Å². The monoisotopic (exact) mass is 364 g/mol. The molecule has 1 aliphatic heterocycles. The summed E-state index contributed by atoms with van der Waals surface area (Å²) < 4.78 is 5.60. The van der Waals surface area contributed by atoms with Crippen LogP contribution in [0, 0.1) is 5.92 Å². The summed E-state index contributed by atoms with van der Waals surface area (Å²) in [5.41, 5.74) is 1.43. The van der Waals surface area contributed by atoms with E-state index in [1.165, 1.54) is 6.92 Å². The molecule has 1 fully saturated rings. The van der Waals surface area contributed by atoms with E-state index in [2.05, 4.69) is 10.6 Å². The number of Topliss-reactive ketones (excluding diaryl/α,β-unsaturated/α-hetero) is 1. The van der Waals surface area contributed by atoms with Crippen molar-refractivity contribution in [2.45, 2.75) is 13.0 Å². The van der Waals surface area contributed by atoms with Gasteiger partial charge >= 0.3 is 0 Å². The molecule has 1 aromatic carbocycles. The Kier molecular flexibility index (Phi) is 6.36. The maximum atomic E-state index is 12.1. The predicted molar refractivity (Wildman–Crippen MR) is 96.1 cm³/mol. The van der Waals surface area contributed by atoms with Gasteiger partial charge in [0.15, 0.2) is 11.5 Å². The third kappa shape index (κ3) is 4.48. The molecule has 3 rings (SSSR count). The zero-order valence-corrected chi connectivity index (χ0v) is 14.6. The number of amides is 1. The lowest BCUT2D eigenvalue weighted by Gasteiger charge is -2.13. The van der Waals surface area contributed by atoms with Crippen LogP contribution in [-0.4, -0.2) is 42.5 Å². The van der Waals surface area contributed by atoms with Gasteiger partial charge in [0, 0.05) is 36.7 Å². The molecule has 6 nitrogen and oxygen atoms in total. The van der Waals surface area contributed by atoms with Crippen LogP contribution in [0.3, 0.4) is 0 Å². The van der Waals surface area contributed by atoms with Crippen molar-refractivity contribution in [3.63, 3.8) is 0 Å². The predicted octanol–water partition coefficient (Wildman–Crippen LogP) is 1.88. The van der Waals surface area contributed by atoms with E-state index in [1.807, 2.05) is 0 Å². The van der Waals surface area contributed by atoms with E-state index in [4.69, 9.17) is 4.42 Å². The zero-order chi connectivity index (χ0) is 17.1. The van der Waals surface area contributed by atoms with E-state index < -0.39 is 6.10 Å². The Labute approximate surface area is 152 Å². The van der Waals surface area contributed by atoms with Crippen LogP contribution in [0.25, 0.3) is 11.3 Å². The summed E-state index contributed by atoms with van der Waals surface area (Å²) in [5, 5.41) is 15.6. The highest BCUT2D eigenvalue weighted by Crippen LogP contribution is 2.23. The first-order chi connectivity index (χ1) is 11.5. The normalized spacial score (nSPS) is 19.3. The van der Waals surface area contributed by atoms with E-state index >= 15 is 0 Å². The molecule has 0 bridgehead atoms. The van der Waals surface area contributed by atoms with Gasteiger partial charge in [-0.05, 0) is 19.1 Å². The second-order valence-electron chi connectivity index (χ2n) is 5.99. The summed E-state index contributed by atoms with van der Waals surface area (Å²) in [7, 11) is 0. The number of aliphatic hydroxyl groups excluding tert-OH is 1. The summed E-state index contributed by atoms with van der Waals surface area (Å²) in [6, 6.07) is 10.4. The maximum absolute atomic E-state index is 12.1. The number of benzene rings is 1. The van der Waals surface area contributed by atoms with Gasteiger partial charge in [-0.3, -0.25) is 9.59 Å². The van der Waals surface area contributed by atoms with Crippen LogP contribution in [-0.2, 0) is 0 Å². The average molecular weight is 365 g/mol. The van der Waals surface area contributed by atoms with Gasteiger partial charge in [-0.15, -0.1) is 12.4 Å². The first-order valence-corrected chi connectivity index (χ1v) is 7.93. The van der Waals surface area contributed by atoms with Gasteiger partial charge in [0.1, 0.15) is 5.76 Å². The Bertz CT molecular complexity index is 742. The quantitative estimate of drug-likeness (QED) is 0.705. The van der Waals surface area contributed by atoms with E-state index in [-0.39, 0.29) is 35.8 Å². The first-order valence-electron chi connectivity index (χ1n) is 7.93. The number of furan rings is 1. The zero-order valence-electron chi connectivity index (χ0n) is 13.8. The second-order valence-corrected chi connectivity index (χ2v) is 5.99. The molecule has 0 radical (unpaired) electrons. The highest BCUT2D eigenvalue weighted by Gasteiger charge is 2.25. The van der Waals surface area contributed by atoms with Crippen molar-refractivity contribution in [2.24, 2.45) is 5.92 Å². The molecule has 0 spiro atoms. The molecule has 1 aliphatic rings. The fourth-order valence-corrected chi connectivity index (χ4v) is 2.72. The summed E-state index contributed by atoms with van der Waals surface area (Å²) in [6.07, 6.45) is -0.433. The molecular weight excluding hydrogens is 344 g/mol. The largest absolute Gasteiger partial charge is 0.451 e. The van der Waals surface area contributed by atoms with Crippen molar-refractivity contribution < 1.29 is 19.1 Å². The third-order valence-electron chi connectivity index (χ3n) is 4.23. The lowest BCUT2D eigenvalue weighted by molar-refractivity contribution is 0.0900.